The average molecular weight is 1100 g/mol. The Kier molecular flexibility index (Phi) is 16.8. The Morgan fingerprint density at radius 3 is 0.836 bits per heavy atom. The Labute approximate surface area is 343 Å². The molecule has 0 aliphatic heterocycles. The zero-order valence-electron chi connectivity index (χ0n) is 30.0. The van der Waals surface area contributed by atoms with E-state index in [9.17, 15) is 167 Å². The molecule has 0 saturated carbocycles. The van der Waals surface area contributed by atoms with Crippen LogP contribution in [0.3, 0.4) is 0 Å². The lowest BCUT2D eigenvalue weighted by molar-refractivity contribution is -0.461. The van der Waals surface area contributed by atoms with E-state index < -0.39 is 161 Å². The van der Waals surface area contributed by atoms with E-state index in [4.69, 9.17) is 4.55 Å². The summed E-state index contributed by atoms with van der Waals surface area (Å²) >= 11 is 0. The van der Waals surface area contributed by atoms with Crippen molar-refractivity contribution in [3.63, 3.8) is 0 Å². The molecule has 0 aliphatic carbocycles. The number of hydrogen-bond acceptors (Lipinski definition) is 6. The van der Waals surface area contributed by atoms with Crippen molar-refractivity contribution in [2.75, 3.05) is 13.2 Å². The van der Waals surface area contributed by atoms with E-state index >= 15 is 0 Å². The van der Waals surface area contributed by atoms with Gasteiger partial charge in [0.05, 0.1) is 26.1 Å². The van der Waals surface area contributed by atoms with Crippen LogP contribution < -0.4 is 0 Å². The number of esters is 2. The van der Waals surface area contributed by atoms with E-state index in [-0.39, 0.29) is 0 Å². The van der Waals surface area contributed by atoms with Crippen LogP contribution in [0, 0.1) is 0 Å². The van der Waals surface area contributed by atoms with Gasteiger partial charge in [0.25, 0.3) is 10.1 Å². The van der Waals surface area contributed by atoms with Crippen molar-refractivity contribution in [3.05, 3.63) is 0 Å². The number of rotatable bonds is 23. The first-order valence-electron chi connectivity index (χ1n) is 15.3. The summed E-state index contributed by atoms with van der Waals surface area (Å²) in [5, 5.41) is -3.65. The summed E-state index contributed by atoms with van der Waals surface area (Å²) in [6.45, 7) is -5.61. The predicted molar refractivity (Wildman–Crippen MR) is 137 cm³/mol. The molecule has 400 valence electrons. The highest BCUT2D eigenvalue weighted by molar-refractivity contribution is 7.87. The third-order valence-electron chi connectivity index (χ3n) is 8.15. The molecule has 0 aromatic carbocycles. The molecule has 1 N–H and O–H groups in total. The van der Waals surface area contributed by atoms with Crippen LogP contribution in [0.5, 0.6) is 0 Å². The summed E-state index contributed by atoms with van der Waals surface area (Å²) in [6, 6.07) is 0. The van der Waals surface area contributed by atoms with Gasteiger partial charge >= 0.3 is 107 Å². The third kappa shape index (κ3) is 9.96. The molecule has 1 atom stereocenters. The molecule has 0 aromatic rings. The Bertz CT molecular complexity index is 1880. The number of halogens is 34. The molecule has 0 radical (unpaired) electrons. The molecule has 0 spiro atoms. The Balaban J connectivity index is 6.15. The standard InChI is InChI=1S/C25H14F34O7S/c26-10(27,12(30,31)14(34,35)16(38,39)18(42,43)20(46,47)22(50,51)24(54,55)56)3-5-65-8(60)2-1-7(67(62,63)64)9(61)66-6-4-11(28,29)13(32,33)15(36,37)17(40,41)19(44,45)21(48,49)23(52,53)25(57,58)59/h7H,1-6H2,(H,62,63,64). The van der Waals surface area contributed by atoms with Gasteiger partial charge in [0.15, 0.2) is 5.25 Å². The van der Waals surface area contributed by atoms with Crippen molar-refractivity contribution in [3.8, 4) is 0 Å². The topological polar surface area (TPSA) is 107 Å². The number of carbonyl (C=O) groups excluding carboxylic acids is 2. The molecule has 67 heavy (non-hydrogen) atoms. The van der Waals surface area contributed by atoms with Crippen molar-refractivity contribution in [1.82, 2.24) is 0 Å². The monoisotopic (exact) mass is 1100 g/mol. The summed E-state index contributed by atoms with van der Waals surface area (Å²) in [7, 11) is -6.31. The summed E-state index contributed by atoms with van der Waals surface area (Å²) in [5.74, 6) is -125. The molecule has 0 saturated heterocycles. The minimum atomic E-state index is -9.06. The Morgan fingerprint density at radius 1 is 0.373 bits per heavy atom. The van der Waals surface area contributed by atoms with Crippen molar-refractivity contribution in [2.24, 2.45) is 0 Å². The number of alkyl halides is 34. The predicted octanol–water partition coefficient (Wildman–Crippen LogP) is 10.9. The number of carbonyl (C=O) groups is 2. The normalized spacial score (nSPS) is 16.5. The lowest BCUT2D eigenvalue weighted by Gasteiger charge is -2.42. The smallest absolute Gasteiger partial charge is 0.460 e. The quantitative estimate of drug-likeness (QED) is 0.0617. The maximum atomic E-state index is 14.0. The van der Waals surface area contributed by atoms with Gasteiger partial charge in [-0.15, -0.1) is 0 Å². The van der Waals surface area contributed by atoms with E-state index in [0.29, 0.717) is 0 Å². The Hall–Kier alpha value is -3.53. The highest BCUT2D eigenvalue weighted by atomic mass is 32.2. The third-order valence-corrected chi connectivity index (χ3v) is 9.29. The minimum Gasteiger partial charge on any atom is -0.465 e. The van der Waals surface area contributed by atoms with E-state index in [1.165, 1.54) is 0 Å². The van der Waals surface area contributed by atoms with Crippen molar-refractivity contribution in [2.45, 2.75) is 126 Å². The number of hydrogen-bond donors (Lipinski definition) is 1. The zero-order chi connectivity index (χ0) is 54.9. The molecule has 0 bridgehead atoms. The van der Waals surface area contributed by atoms with Crippen LogP contribution in [-0.4, -0.2) is 139 Å². The molecule has 42 heteroatoms. The molecule has 0 fully saturated rings. The second-order valence-corrected chi connectivity index (χ2v) is 14.3. The summed E-state index contributed by atoms with van der Waals surface area (Å²) in [6.07, 6.45) is -27.4. The molecule has 0 aliphatic rings. The van der Waals surface area contributed by atoms with E-state index in [2.05, 4.69) is 9.47 Å². The fourth-order valence-electron chi connectivity index (χ4n) is 4.08. The first-order valence-corrected chi connectivity index (χ1v) is 16.8. The Morgan fingerprint density at radius 2 is 0.597 bits per heavy atom. The van der Waals surface area contributed by atoms with Gasteiger partial charge in [-0.1, -0.05) is 0 Å². The molecule has 7 nitrogen and oxygen atoms in total. The molecule has 0 amide bonds. The van der Waals surface area contributed by atoms with Crippen LogP contribution in [0.15, 0.2) is 0 Å². The zero-order valence-corrected chi connectivity index (χ0v) is 30.8. The minimum absolute atomic E-state index is 2.10. The first-order chi connectivity index (χ1) is 28.6. The molecule has 1 unspecified atom stereocenters. The SMILES string of the molecule is O=C(CCC(C(=O)OCCC(F)(F)C(F)(F)C(F)(F)C(F)(F)C(F)(F)C(F)(F)C(F)(F)C(F)(F)F)S(=O)(=O)O)OCCC(F)(F)C(F)(F)C(F)(F)C(F)(F)C(F)(F)C(F)(F)C(F)(F)C(F)(F)F. The van der Waals surface area contributed by atoms with Gasteiger partial charge in [-0.3, -0.25) is 14.1 Å². The van der Waals surface area contributed by atoms with Gasteiger partial charge in [0, 0.05) is 6.42 Å². The second-order valence-electron chi connectivity index (χ2n) is 12.7. The average Bonchev–Trinajstić information content (AvgIpc) is 3.08. The number of ether oxygens (including phenoxy) is 2. The molecule has 0 rings (SSSR count). The van der Waals surface area contributed by atoms with Crippen LogP contribution in [0.4, 0.5) is 149 Å². The summed E-state index contributed by atoms with van der Waals surface area (Å²) < 4.78 is 492. The van der Waals surface area contributed by atoms with Crippen molar-refractivity contribution < 1.29 is 181 Å². The summed E-state index contributed by atoms with van der Waals surface area (Å²) in [5.41, 5.74) is 0. The molecular formula is C25H14F34O7S. The van der Waals surface area contributed by atoms with Crippen LogP contribution >= 0.6 is 0 Å². The lowest BCUT2D eigenvalue weighted by atomic mass is 9.88. The van der Waals surface area contributed by atoms with Gasteiger partial charge < -0.3 is 9.47 Å². The molecular weight excluding hydrogens is 1090 g/mol. The maximum absolute atomic E-state index is 14.0. The van der Waals surface area contributed by atoms with Crippen molar-refractivity contribution >= 4 is 22.1 Å². The maximum Gasteiger partial charge on any atom is 0.460 e. The van der Waals surface area contributed by atoms with Gasteiger partial charge in [-0.05, 0) is 6.42 Å². The van der Waals surface area contributed by atoms with Crippen LogP contribution in [-0.2, 0) is 29.2 Å². The van der Waals surface area contributed by atoms with Gasteiger partial charge in [0.2, 0.25) is 0 Å². The molecule has 0 heterocycles. The van der Waals surface area contributed by atoms with E-state index in [0.717, 1.165) is 0 Å². The van der Waals surface area contributed by atoms with Crippen LogP contribution in [0.2, 0.25) is 0 Å². The van der Waals surface area contributed by atoms with Gasteiger partial charge in [-0.25, -0.2) is 0 Å². The second kappa shape index (κ2) is 17.7. The lowest BCUT2D eigenvalue weighted by Crippen LogP contribution is -2.74. The largest absolute Gasteiger partial charge is 0.465 e. The first kappa shape index (κ1) is 63.5. The van der Waals surface area contributed by atoms with Gasteiger partial charge in [0.1, 0.15) is 0 Å². The fourth-order valence-corrected chi connectivity index (χ4v) is 4.81. The fraction of sp³-hybridized carbons (Fsp3) is 0.920. The highest BCUT2D eigenvalue weighted by Gasteiger charge is 2.97. The summed E-state index contributed by atoms with van der Waals surface area (Å²) in [4.78, 5) is 23.6. The van der Waals surface area contributed by atoms with E-state index in [1.807, 2.05) is 0 Å². The highest BCUT2D eigenvalue weighted by Crippen LogP contribution is 2.66. The van der Waals surface area contributed by atoms with E-state index in [1.54, 1.807) is 0 Å². The van der Waals surface area contributed by atoms with Crippen molar-refractivity contribution in [1.29, 1.82) is 0 Å². The molecule has 0 aromatic heterocycles. The van der Waals surface area contributed by atoms with Crippen LogP contribution in [0.1, 0.15) is 25.7 Å². The van der Waals surface area contributed by atoms with Crippen LogP contribution in [0.25, 0.3) is 0 Å². The van der Waals surface area contributed by atoms with Gasteiger partial charge in [-0.2, -0.15) is 158 Å².